The van der Waals surface area contributed by atoms with Gasteiger partial charge < -0.3 is 10.5 Å². The second kappa shape index (κ2) is 5.58. The molecule has 0 aliphatic heterocycles. The first-order chi connectivity index (χ1) is 7.04. The third kappa shape index (κ3) is 3.55. The molecule has 1 rings (SSSR count). The predicted molar refractivity (Wildman–Crippen MR) is 64.4 cm³/mol. The highest BCUT2D eigenvalue weighted by atomic mass is 32.1. The zero-order valence-electron chi connectivity index (χ0n) is 9.86. The van der Waals surface area contributed by atoms with Crippen molar-refractivity contribution in [1.82, 2.24) is 4.98 Å². The molecule has 1 aromatic rings. The first kappa shape index (κ1) is 12.6. The molecule has 0 saturated carbocycles. The van der Waals surface area contributed by atoms with E-state index in [0.717, 1.165) is 17.1 Å². The van der Waals surface area contributed by atoms with Crippen LogP contribution in [0.5, 0.6) is 0 Å². The smallest absolute Gasteiger partial charge is 0.0954 e. The van der Waals surface area contributed by atoms with Crippen molar-refractivity contribution in [3.05, 3.63) is 16.1 Å². The highest BCUT2D eigenvalue weighted by Crippen LogP contribution is 2.21. The van der Waals surface area contributed by atoms with Crippen molar-refractivity contribution < 1.29 is 4.74 Å². The lowest BCUT2D eigenvalue weighted by atomic mass is 10.0. The van der Waals surface area contributed by atoms with Crippen LogP contribution in [0.3, 0.4) is 0 Å². The molecule has 0 spiro atoms. The predicted octanol–water partition coefficient (Wildman–Crippen LogP) is 2.17. The molecule has 0 radical (unpaired) electrons. The fourth-order valence-electron chi connectivity index (χ4n) is 1.23. The number of ether oxygens (including phenoxy) is 1. The molecule has 0 aliphatic carbocycles. The van der Waals surface area contributed by atoms with Crippen molar-refractivity contribution in [3.8, 4) is 0 Å². The van der Waals surface area contributed by atoms with Crippen LogP contribution in [0.2, 0.25) is 0 Å². The Labute approximate surface area is 95.7 Å². The topological polar surface area (TPSA) is 48.1 Å². The van der Waals surface area contributed by atoms with Gasteiger partial charge in [-0.2, -0.15) is 0 Å². The molecule has 86 valence electrons. The molecule has 0 saturated heterocycles. The summed E-state index contributed by atoms with van der Waals surface area (Å²) in [6.07, 6.45) is 1.11. The Hall–Kier alpha value is -0.450. The van der Waals surface area contributed by atoms with Gasteiger partial charge in [0.2, 0.25) is 0 Å². The third-order valence-corrected chi connectivity index (χ3v) is 3.58. The second-order valence-electron chi connectivity index (χ2n) is 4.06. The van der Waals surface area contributed by atoms with Gasteiger partial charge in [-0.1, -0.05) is 6.92 Å². The van der Waals surface area contributed by atoms with Gasteiger partial charge in [0.1, 0.15) is 0 Å². The van der Waals surface area contributed by atoms with E-state index in [4.69, 9.17) is 10.5 Å². The van der Waals surface area contributed by atoms with E-state index < -0.39 is 0 Å². The summed E-state index contributed by atoms with van der Waals surface area (Å²) in [6.45, 7) is 6.18. The Morgan fingerprint density at radius 2 is 2.13 bits per heavy atom. The van der Waals surface area contributed by atoms with Crippen molar-refractivity contribution in [2.75, 3.05) is 7.11 Å². The average molecular weight is 228 g/mol. The average Bonchev–Trinajstić information content (AvgIpc) is 2.64. The molecule has 15 heavy (non-hydrogen) atoms. The normalized spacial score (nSPS) is 17.4. The van der Waals surface area contributed by atoms with E-state index in [1.807, 2.05) is 6.92 Å². The molecule has 3 atom stereocenters. The quantitative estimate of drug-likeness (QED) is 0.840. The van der Waals surface area contributed by atoms with Crippen LogP contribution in [-0.4, -0.2) is 24.2 Å². The lowest BCUT2D eigenvalue weighted by molar-refractivity contribution is 0.118. The van der Waals surface area contributed by atoms with Gasteiger partial charge in [0.05, 0.1) is 16.8 Å². The molecule has 0 aromatic carbocycles. The number of nitrogens with two attached hydrogens (primary N) is 1. The number of methoxy groups -OCH3 is 1. The maximum atomic E-state index is 5.84. The van der Waals surface area contributed by atoms with Gasteiger partial charge in [-0.05, 0) is 13.8 Å². The fraction of sp³-hybridized carbons (Fsp3) is 0.727. The van der Waals surface area contributed by atoms with E-state index >= 15 is 0 Å². The van der Waals surface area contributed by atoms with Crippen LogP contribution in [-0.2, 0) is 11.2 Å². The summed E-state index contributed by atoms with van der Waals surface area (Å²) < 4.78 is 5.21. The largest absolute Gasteiger partial charge is 0.381 e. The highest BCUT2D eigenvalue weighted by Gasteiger charge is 2.14. The first-order valence-corrected chi connectivity index (χ1v) is 6.15. The zero-order valence-corrected chi connectivity index (χ0v) is 10.7. The van der Waals surface area contributed by atoms with Crippen LogP contribution in [0.15, 0.2) is 5.38 Å². The number of hydrogen-bond donors (Lipinski definition) is 1. The number of aromatic nitrogens is 1. The van der Waals surface area contributed by atoms with Crippen LogP contribution < -0.4 is 5.73 Å². The van der Waals surface area contributed by atoms with Crippen LogP contribution in [0.1, 0.15) is 37.4 Å². The Morgan fingerprint density at radius 3 is 2.67 bits per heavy atom. The highest BCUT2D eigenvalue weighted by molar-refractivity contribution is 7.09. The van der Waals surface area contributed by atoms with Crippen molar-refractivity contribution >= 4 is 11.3 Å². The summed E-state index contributed by atoms with van der Waals surface area (Å²) in [5.41, 5.74) is 6.95. The van der Waals surface area contributed by atoms with Crippen LogP contribution >= 0.6 is 11.3 Å². The molecule has 0 amide bonds. The van der Waals surface area contributed by atoms with Gasteiger partial charge in [-0.15, -0.1) is 11.3 Å². The summed E-state index contributed by atoms with van der Waals surface area (Å²) in [5.74, 6) is 0.327. The van der Waals surface area contributed by atoms with Gasteiger partial charge in [-0.25, -0.2) is 4.98 Å². The van der Waals surface area contributed by atoms with Crippen LogP contribution in [0.4, 0.5) is 0 Å². The van der Waals surface area contributed by atoms with E-state index in [1.54, 1.807) is 18.4 Å². The van der Waals surface area contributed by atoms with Gasteiger partial charge in [0, 0.05) is 30.9 Å². The van der Waals surface area contributed by atoms with Crippen LogP contribution in [0.25, 0.3) is 0 Å². The van der Waals surface area contributed by atoms with Crippen LogP contribution in [0, 0.1) is 0 Å². The summed E-state index contributed by atoms with van der Waals surface area (Å²) in [4.78, 5) is 4.58. The van der Waals surface area contributed by atoms with E-state index in [0.29, 0.717) is 5.92 Å². The van der Waals surface area contributed by atoms with Gasteiger partial charge in [-0.3, -0.25) is 0 Å². The maximum absolute atomic E-state index is 5.84. The van der Waals surface area contributed by atoms with E-state index in [2.05, 4.69) is 24.2 Å². The summed E-state index contributed by atoms with van der Waals surface area (Å²) in [6, 6.07) is 0.153. The summed E-state index contributed by atoms with van der Waals surface area (Å²) in [5, 5.41) is 3.23. The molecule has 0 bridgehead atoms. The van der Waals surface area contributed by atoms with Crippen molar-refractivity contribution in [1.29, 1.82) is 0 Å². The van der Waals surface area contributed by atoms with E-state index in [1.165, 1.54) is 0 Å². The zero-order chi connectivity index (χ0) is 11.4. The third-order valence-electron chi connectivity index (χ3n) is 2.69. The molecule has 1 aromatic heterocycles. The molecule has 2 N–H and O–H groups in total. The minimum absolute atomic E-state index is 0.153. The van der Waals surface area contributed by atoms with Crippen molar-refractivity contribution in [3.63, 3.8) is 0 Å². The molecular formula is C11H20N2OS. The standard InChI is InChI=1S/C11H20N2OS/c1-7(14-4)5-11-13-10(6-15-11)8(2)9(3)12/h6-9H,5,12H2,1-4H3. The van der Waals surface area contributed by atoms with Gasteiger partial charge in [0.25, 0.3) is 0 Å². The van der Waals surface area contributed by atoms with E-state index in [-0.39, 0.29) is 12.1 Å². The number of hydrogen-bond acceptors (Lipinski definition) is 4. The first-order valence-electron chi connectivity index (χ1n) is 5.27. The molecule has 3 unspecified atom stereocenters. The fourth-order valence-corrected chi connectivity index (χ4v) is 2.24. The van der Waals surface area contributed by atoms with Gasteiger partial charge in [0.15, 0.2) is 0 Å². The lowest BCUT2D eigenvalue weighted by Crippen LogP contribution is -2.22. The van der Waals surface area contributed by atoms with Crippen molar-refractivity contribution in [2.24, 2.45) is 5.73 Å². The molecule has 1 heterocycles. The monoisotopic (exact) mass is 228 g/mol. The van der Waals surface area contributed by atoms with Crippen molar-refractivity contribution in [2.45, 2.75) is 45.3 Å². The molecular weight excluding hydrogens is 208 g/mol. The minimum Gasteiger partial charge on any atom is -0.381 e. The second-order valence-corrected chi connectivity index (χ2v) is 5.01. The minimum atomic E-state index is 0.153. The molecule has 4 heteroatoms. The molecule has 0 fully saturated rings. The number of nitrogens with zero attached hydrogens (tertiary/aromatic N) is 1. The Bertz CT molecular complexity index is 299. The number of rotatable bonds is 5. The molecule has 3 nitrogen and oxygen atoms in total. The summed E-state index contributed by atoms with van der Waals surface area (Å²) >= 11 is 1.69. The maximum Gasteiger partial charge on any atom is 0.0954 e. The van der Waals surface area contributed by atoms with Gasteiger partial charge >= 0.3 is 0 Å². The lowest BCUT2D eigenvalue weighted by Gasteiger charge is -2.12. The Morgan fingerprint density at radius 1 is 1.47 bits per heavy atom. The SMILES string of the molecule is COC(C)Cc1nc(C(C)C(C)N)cs1. The summed E-state index contributed by atoms with van der Waals surface area (Å²) in [7, 11) is 1.73. The number of thiazole rings is 1. The molecule has 0 aliphatic rings. The Kier molecular flexibility index (Phi) is 4.70. The Balaban J connectivity index is 2.63. The van der Waals surface area contributed by atoms with E-state index in [9.17, 15) is 0 Å².